The molecule has 0 saturated carbocycles. The number of aryl methyl sites for hydroxylation is 1. The third-order valence-corrected chi connectivity index (χ3v) is 5.51. The number of hydrogen-bond acceptors (Lipinski definition) is 4. The molecular weight excluding hydrogens is 359 g/mol. The molecule has 0 radical (unpaired) electrons. The maximum absolute atomic E-state index is 10.5. The highest BCUT2D eigenvalue weighted by Gasteiger charge is 2.34. The second-order valence-electron chi connectivity index (χ2n) is 7.22. The van der Waals surface area contributed by atoms with Crippen molar-refractivity contribution in [1.29, 1.82) is 0 Å². The summed E-state index contributed by atoms with van der Waals surface area (Å²) in [5.74, 6) is 1.74. The first-order valence-electron chi connectivity index (χ1n) is 8.71. The Kier molecular flexibility index (Phi) is 6.74. The molecule has 1 atom stereocenters. The Balaban J connectivity index is 0.00000113. The summed E-state index contributed by atoms with van der Waals surface area (Å²) in [4.78, 5) is 7.29. The van der Waals surface area contributed by atoms with Crippen LogP contribution in [0.4, 0.5) is 0 Å². The van der Waals surface area contributed by atoms with Gasteiger partial charge in [-0.3, -0.25) is 0 Å². The molecule has 2 aromatic rings. The first-order valence-corrected chi connectivity index (χ1v) is 8.71. The first kappa shape index (κ1) is 20.5. The minimum absolute atomic E-state index is 0. The number of piperidine rings is 1. The zero-order chi connectivity index (χ0) is 15.9. The van der Waals surface area contributed by atoms with Gasteiger partial charge in [0, 0.05) is 26.1 Å². The van der Waals surface area contributed by atoms with E-state index in [0.29, 0.717) is 5.92 Å². The molecule has 2 aliphatic heterocycles. The highest BCUT2D eigenvalue weighted by atomic mass is 35.5. The summed E-state index contributed by atoms with van der Waals surface area (Å²) in [6, 6.07) is 8.37. The fraction of sp³-hybridized carbons (Fsp3) is 0.611. The van der Waals surface area contributed by atoms with Crippen molar-refractivity contribution < 1.29 is 5.11 Å². The molecule has 5 nitrogen and oxygen atoms in total. The molecule has 7 heteroatoms. The topological polar surface area (TPSA) is 53.3 Å². The molecule has 2 aliphatic rings. The van der Waals surface area contributed by atoms with Crippen molar-refractivity contribution in [2.75, 3.05) is 32.7 Å². The number of rotatable bonds is 3. The minimum Gasteiger partial charge on any atom is -0.387 e. The van der Waals surface area contributed by atoms with Crippen molar-refractivity contribution in [1.82, 2.24) is 19.8 Å². The van der Waals surface area contributed by atoms with Gasteiger partial charge in [-0.25, -0.2) is 4.98 Å². The molecule has 140 valence electrons. The quantitative estimate of drug-likeness (QED) is 0.849. The SMILES string of the molecule is Cl.Cl.Cn1c(C2CCN(CC3(O)CCNC3)CC2)nc2ccccc21. The van der Waals surface area contributed by atoms with Gasteiger partial charge >= 0.3 is 0 Å². The molecule has 4 rings (SSSR count). The van der Waals surface area contributed by atoms with Gasteiger partial charge in [0.15, 0.2) is 0 Å². The predicted octanol–water partition coefficient (Wildman–Crippen LogP) is 2.32. The van der Waals surface area contributed by atoms with E-state index in [4.69, 9.17) is 4.98 Å². The average molecular weight is 387 g/mol. The largest absolute Gasteiger partial charge is 0.387 e. The number of aliphatic hydroxyl groups is 1. The van der Waals surface area contributed by atoms with Gasteiger partial charge in [0.1, 0.15) is 5.82 Å². The number of β-amino-alcohol motifs (C(OH)–C–C–N with tert-alkyl or cyclic N) is 1. The zero-order valence-electron chi connectivity index (χ0n) is 14.6. The summed E-state index contributed by atoms with van der Waals surface area (Å²) < 4.78 is 2.25. The van der Waals surface area contributed by atoms with Crippen LogP contribution in [-0.2, 0) is 7.05 Å². The molecule has 1 aromatic carbocycles. The van der Waals surface area contributed by atoms with Crippen LogP contribution in [0.2, 0.25) is 0 Å². The van der Waals surface area contributed by atoms with E-state index >= 15 is 0 Å². The van der Waals surface area contributed by atoms with Crippen molar-refractivity contribution in [3.8, 4) is 0 Å². The van der Waals surface area contributed by atoms with Crippen molar-refractivity contribution >= 4 is 35.8 Å². The number of halogens is 2. The van der Waals surface area contributed by atoms with Gasteiger partial charge < -0.3 is 19.9 Å². The highest BCUT2D eigenvalue weighted by molar-refractivity contribution is 5.85. The van der Waals surface area contributed by atoms with Gasteiger partial charge in [0.25, 0.3) is 0 Å². The van der Waals surface area contributed by atoms with Crippen LogP contribution >= 0.6 is 24.8 Å². The maximum atomic E-state index is 10.5. The molecular formula is C18H28Cl2N4O. The predicted molar refractivity (Wildman–Crippen MR) is 106 cm³/mol. The zero-order valence-corrected chi connectivity index (χ0v) is 16.3. The van der Waals surface area contributed by atoms with Crippen molar-refractivity contribution in [3.63, 3.8) is 0 Å². The maximum Gasteiger partial charge on any atom is 0.112 e. The van der Waals surface area contributed by atoms with E-state index in [1.807, 2.05) is 0 Å². The van der Waals surface area contributed by atoms with Gasteiger partial charge in [0.2, 0.25) is 0 Å². The molecule has 25 heavy (non-hydrogen) atoms. The van der Waals surface area contributed by atoms with Crippen LogP contribution in [-0.4, -0.2) is 57.9 Å². The number of fused-ring (bicyclic) bond motifs is 1. The molecule has 0 spiro atoms. The fourth-order valence-electron chi connectivity index (χ4n) is 4.16. The van der Waals surface area contributed by atoms with Gasteiger partial charge in [-0.2, -0.15) is 0 Å². The highest BCUT2D eigenvalue weighted by Crippen LogP contribution is 2.30. The smallest absolute Gasteiger partial charge is 0.112 e. The second kappa shape index (κ2) is 8.23. The number of para-hydroxylation sites is 2. The van der Waals surface area contributed by atoms with E-state index in [1.165, 1.54) is 11.3 Å². The monoisotopic (exact) mass is 386 g/mol. The summed E-state index contributed by atoms with van der Waals surface area (Å²) in [6.07, 6.45) is 3.12. The number of hydrogen-bond donors (Lipinski definition) is 2. The molecule has 2 saturated heterocycles. The summed E-state index contributed by atoms with van der Waals surface area (Å²) >= 11 is 0. The molecule has 0 bridgehead atoms. The van der Waals surface area contributed by atoms with E-state index < -0.39 is 5.60 Å². The summed E-state index contributed by atoms with van der Waals surface area (Å²) in [7, 11) is 2.13. The van der Waals surface area contributed by atoms with Crippen LogP contribution in [0.1, 0.15) is 31.0 Å². The standard InChI is InChI=1S/C18H26N4O.2ClH/c1-21-16-5-3-2-4-15(16)20-17(21)14-6-10-22(11-7-14)13-18(23)8-9-19-12-18;;/h2-5,14,19,23H,6-13H2,1H3;2*1H. The van der Waals surface area contributed by atoms with Crippen molar-refractivity contribution in [2.45, 2.75) is 30.8 Å². The lowest BCUT2D eigenvalue weighted by molar-refractivity contribution is 0.0135. The van der Waals surface area contributed by atoms with Crippen LogP contribution in [0, 0.1) is 0 Å². The molecule has 2 N–H and O–H groups in total. The van der Waals surface area contributed by atoms with Crippen LogP contribution in [0.25, 0.3) is 11.0 Å². The van der Waals surface area contributed by atoms with Gasteiger partial charge in [-0.05, 0) is 51.0 Å². The minimum atomic E-state index is -0.523. The lowest BCUT2D eigenvalue weighted by Gasteiger charge is -2.36. The Morgan fingerprint density at radius 1 is 1.24 bits per heavy atom. The fourth-order valence-corrected chi connectivity index (χ4v) is 4.16. The Morgan fingerprint density at radius 3 is 2.60 bits per heavy atom. The number of aromatic nitrogens is 2. The van der Waals surface area contributed by atoms with Crippen LogP contribution in [0.5, 0.6) is 0 Å². The lowest BCUT2D eigenvalue weighted by Crippen LogP contribution is -2.47. The summed E-state index contributed by atoms with van der Waals surface area (Å²) in [6.45, 7) is 4.58. The lowest BCUT2D eigenvalue weighted by atomic mass is 9.94. The number of nitrogens with zero attached hydrogens (tertiary/aromatic N) is 3. The second-order valence-corrected chi connectivity index (χ2v) is 7.22. The van der Waals surface area contributed by atoms with E-state index in [9.17, 15) is 5.11 Å². The third kappa shape index (κ3) is 4.12. The molecule has 1 unspecified atom stereocenters. The van der Waals surface area contributed by atoms with Gasteiger partial charge in [-0.1, -0.05) is 12.1 Å². The first-order chi connectivity index (χ1) is 11.1. The number of nitrogens with one attached hydrogen (secondary N) is 1. The molecule has 0 amide bonds. The molecule has 1 aromatic heterocycles. The summed E-state index contributed by atoms with van der Waals surface area (Å²) in [5.41, 5.74) is 1.79. The van der Waals surface area contributed by atoms with E-state index in [0.717, 1.165) is 57.5 Å². The number of benzene rings is 1. The van der Waals surface area contributed by atoms with Crippen molar-refractivity contribution in [2.24, 2.45) is 7.05 Å². The third-order valence-electron chi connectivity index (χ3n) is 5.51. The Bertz CT molecular complexity index is 691. The van der Waals surface area contributed by atoms with Crippen LogP contribution in [0.3, 0.4) is 0 Å². The Labute approximate surface area is 161 Å². The average Bonchev–Trinajstić information content (AvgIpc) is 3.13. The van der Waals surface area contributed by atoms with Crippen LogP contribution < -0.4 is 5.32 Å². The molecule has 0 aliphatic carbocycles. The Morgan fingerprint density at radius 2 is 1.96 bits per heavy atom. The van der Waals surface area contributed by atoms with E-state index in [-0.39, 0.29) is 24.8 Å². The molecule has 2 fully saturated rings. The van der Waals surface area contributed by atoms with Crippen LogP contribution in [0.15, 0.2) is 24.3 Å². The summed E-state index contributed by atoms with van der Waals surface area (Å²) in [5, 5.41) is 13.8. The number of imidazole rings is 1. The Hall–Kier alpha value is -0.850. The molecule has 3 heterocycles. The van der Waals surface area contributed by atoms with Gasteiger partial charge in [-0.15, -0.1) is 24.8 Å². The van der Waals surface area contributed by atoms with Crippen molar-refractivity contribution in [3.05, 3.63) is 30.1 Å². The number of likely N-dealkylation sites (tertiary alicyclic amines) is 1. The van der Waals surface area contributed by atoms with E-state index in [2.05, 4.69) is 46.1 Å². The normalized spacial score (nSPS) is 24.9. The van der Waals surface area contributed by atoms with Gasteiger partial charge in [0.05, 0.1) is 16.6 Å². The van der Waals surface area contributed by atoms with E-state index in [1.54, 1.807) is 0 Å².